The van der Waals surface area contributed by atoms with Crippen LogP contribution in [-0.2, 0) is 13.2 Å². The summed E-state index contributed by atoms with van der Waals surface area (Å²) in [5.41, 5.74) is 0.928. The number of hydrogen-bond donors (Lipinski definition) is 1. The molecule has 6 heteroatoms. The van der Waals surface area contributed by atoms with Crippen LogP contribution >= 0.6 is 11.6 Å². The van der Waals surface area contributed by atoms with Crippen LogP contribution in [0.15, 0.2) is 29.1 Å². The van der Waals surface area contributed by atoms with Crippen molar-refractivity contribution in [1.29, 1.82) is 0 Å². The number of benzene rings is 1. The van der Waals surface area contributed by atoms with Crippen molar-refractivity contribution in [2.24, 2.45) is 0 Å². The number of ether oxygens (including phenoxy) is 1. The van der Waals surface area contributed by atoms with Crippen LogP contribution in [0, 0.1) is 0 Å². The first kappa shape index (κ1) is 14.8. The van der Waals surface area contributed by atoms with Crippen molar-refractivity contribution in [2.45, 2.75) is 39.5 Å². The van der Waals surface area contributed by atoms with Crippen molar-refractivity contribution in [3.63, 3.8) is 0 Å². The normalized spacial score (nSPS) is 11.6. The highest BCUT2D eigenvalue weighted by Gasteiger charge is 2.14. The van der Waals surface area contributed by atoms with Crippen LogP contribution in [0.4, 0.5) is 0 Å². The fourth-order valence-electron chi connectivity index (χ4n) is 1.60. The lowest BCUT2D eigenvalue weighted by molar-refractivity contribution is 0.282. The molecule has 0 saturated carbocycles. The van der Waals surface area contributed by atoms with Gasteiger partial charge in [0.2, 0.25) is 12.2 Å². The Labute approximate surface area is 123 Å². The molecule has 5 nitrogen and oxygen atoms in total. The third kappa shape index (κ3) is 4.21. The van der Waals surface area contributed by atoms with E-state index < -0.39 is 0 Å². The topological polar surface area (TPSA) is 60.2 Å². The minimum absolute atomic E-state index is 0.00408. The number of rotatable bonds is 5. The molecule has 0 bridgehead atoms. The Balaban J connectivity index is 2.09. The molecule has 0 aliphatic rings. The van der Waals surface area contributed by atoms with E-state index >= 15 is 0 Å². The van der Waals surface area contributed by atoms with Crippen molar-refractivity contribution in [2.75, 3.05) is 0 Å². The molecule has 0 saturated heterocycles. The van der Waals surface area contributed by atoms with Crippen LogP contribution in [-0.4, -0.2) is 15.7 Å². The lowest BCUT2D eigenvalue weighted by Crippen LogP contribution is -2.35. The van der Waals surface area contributed by atoms with Crippen molar-refractivity contribution in [1.82, 2.24) is 15.5 Å². The quantitative estimate of drug-likeness (QED) is 0.918. The molecule has 0 fully saturated rings. The number of halogens is 1. The van der Waals surface area contributed by atoms with Gasteiger partial charge in [0.15, 0.2) is 6.61 Å². The van der Waals surface area contributed by atoms with Crippen molar-refractivity contribution in [3.8, 4) is 5.75 Å². The maximum atomic E-state index is 6.25. The van der Waals surface area contributed by atoms with Gasteiger partial charge in [-0.05, 0) is 32.9 Å². The van der Waals surface area contributed by atoms with E-state index in [-0.39, 0.29) is 12.1 Å². The minimum atomic E-state index is 0.00408. The van der Waals surface area contributed by atoms with Crippen LogP contribution in [0.1, 0.15) is 32.2 Å². The van der Waals surface area contributed by atoms with Gasteiger partial charge in [-0.3, -0.25) is 0 Å². The second-order valence-electron chi connectivity index (χ2n) is 5.46. The van der Waals surface area contributed by atoms with Crippen LogP contribution < -0.4 is 10.1 Å². The first-order chi connectivity index (χ1) is 9.46. The highest BCUT2D eigenvalue weighted by atomic mass is 35.5. The first-order valence-corrected chi connectivity index (χ1v) is 6.74. The zero-order valence-electron chi connectivity index (χ0n) is 11.8. The van der Waals surface area contributed by atoms with E-state index in [1.807, 2.05) is 18.2 Å². The molecule has 1 heterocycles. The van der Waals surface area contributed by atoms with Gasteiger partial charge in [-0.2, -0.15) is 4.98 Å². The highest BCUT2D eigenvalue weighted by Crippen LogP contribution is 2.27. The standard InChI is InChI=1S/C14H18ClN3O2/c1-14(2,3)17-7-10-11(15)5-4-6-12(10)19-8-13-16-9-20-18-13/h4-6,9,17H,7-8H2,1-3H3. The summed E-state index contributed by atoms with van der Waals surface area (Å²) in [5, 5.41) is 7.78. The predicted molar refractivity (Wildman–Crippen MR) is 76.7 cm³/mol. The van der Waals surface area contributed by atoms with E-state index in [0.29, 0.717) is 17.4 Å². The van der Waals surface area contributed by atoms with Crippen LogP contribution in [0.2, 0.25) is 5.02 Å². The molecule has 1 N–H and O–H groups in total. The molecule has 2 rings (SSSR count). The summed E-state index contributed by atoms with van der Waals surface area (Å²) in [6.45, 7) is 7.18. The molecular weight excluding hydrogens is 278 g/mol. The van der Waals surface area contributed by atoms with E-state index in [9.17, 15) is 0 Å². The van der Waals surface area contributed by atoms with Gasteiger partial charge in [0.25, 0.3) is 0 Å². The minimum Gasteiger partial charge on any atom is -0.485 e. The summed E-state index contributed by atoms with van der Waals surface area (Å²) in [5.74, 6) is 1.22. The van der Waals surface area contributed by atoms with Crippen molar-refractivity contribution < 1.29 is 9.26 Å². The Kier molecular flexibility index (Phi) is 4.62. The molecule has 0 unspecified atom stereocenters. The molecule has 20 heavy (non-hydrogen) atoms. The summed E-state index contributed by atoms with van der Waals surface area (Å²) in [6.07, 6.45) is 1.28. The first-order valence-electron chi connectivity index (χ1n) is 6.36. The van der Waals surface area contributed by atoms with Gasteiger partial charge in [-0.25, -0.2) is 0 Å². The SMILES string of the molecule is CC(C)(C)NCc1c(Cl)cccc1OCc1ncon1. The van der Waals surface area contributed by atoms with Gasteiger partial charge in [0.05, 0.1) is 0 Å². The van der Waals surface area contributed by atoms with Gasteiger partial charge in [0.1, 0.15) is 5.75 Å². The van der Waals surface area contributed by atoms with Crippen molar-refractivity contribution >= 4 is 11.6 Å². The molecule has 0 radical (unpaired) electrons. The number of nitrogens with one attached hydrogen (secondary N) is 1. The molecular formula is C14H18ClN3O2. The smallest absolute Gasteiger partial charge is 0.213 e. The molecule has 1 aromatic heterocycles. The van der Waals surface area contributed by atoms with Gasteiger partial charge in [-0.15, -0.1) is 0 Å². The van der Waals surface area contributed by atoms with E-state index in [4.69, 9.17) is 16.3 Å². The third-order valence-electron chi connectivity index (χ3n) is 2.64. The van der Waals surface area contributed by atoms with E-state index in [1.165, 1.54) is 6.39 Å². The summed E-state index contributed by atoms with van der Waals surface area (Å²) in [6, 6.07) is 5.59. The molecule has 108 valence electrons. The monoisotopic (exact) mass is 295 g/mol. The number of hydrogen-bond acceptors (Lipinski definition) is 5. The summed E-state index contributed by atoms with van der Waals surface area (Å²) in [4.78, 5) is 3.92. The maximum Gasteiger partial charge on any atom is 0.213 e. The van der Waals surface area contributed by atoms with Crippen LogP contribution in [0.3, 0.4) is 0 Å². The van der Waals surface area contributed by atoms with E-state index in [2.05, 4.69) is 40.8 Å². The maximum absolute atomic E-state index is 6.25. The van der Waals surface area contributed by atoms with Gasteiger partial charge < -0.3 is 14.6 Å². The summed E-state index contributed by atoms with van der Waals surface area (Å²) < 4.78 is 10.4. The fourth-order valence-corrected chi connectivity index (χ4v) is 1.83. The Hall–Kier alpha value is -1.59. The molecule has 0 spiro atoms. The van der Waals surface area contributed by atoms with E-state index in [0.717, 1.165) is 11.3 Å². The molecule has 0 amide bonds. The zero-order chi connectivity index (χ0) is 14.6. The average Bonchev–Trinajstić information content (AvgIpc) is 2.87. The summed E-state index contributed by atoms with van der Waals surface area (Å²) >= 11 is 6.25. The molecule has 0 atom stereocenters. The summed E-state index contributed by atoms with van der Waals surface area (Å²) in [7, 11) is 0. The van der Waals surface area contributed by atoms with Gasteiger partial charge in [-0.1, -0.05) is 22.8 Å². The highest BCUT2D eigenvalue weighted by molar-refractivity contribution is 6.31. The Morgan fingerprint density at radius 2 is 2.15 bits per heavy atom. The predicted octanol–water partition coefficient (Wildman–Crippen LogP) is 3.19. The molecule has 2 aromatic rings. The second-order valence-corrected chi connectivity index (χ2v) is 5.86. The number of aromatic nitrogens is 2. The zero-order valence-corrected chi connectivity index (χ0v) is 12.6. The van der Waals surface area contributed by atoms with Gasteiger partial charge in [0, 0.05) is 22.7 Å². The molecule has 0 aliphatic carbocycles. The average molecular weight is 296 g/mol. The lowest BCUT2D eigenvalue weighted by Gasteiger charge is -2.22. The van der Waals surface area contributed by atoms with Crippen LogP contribution in [0.25, 0.3) is 0 Å². The Morgan fingerprint density at radius 3 is 2.80 bits per heavy atom. The van der Waals surface area contributed by atoms with Crippen LogP contribution in [0.5, 0.6) is 5.75 Å². The third-order valence-corrected chi connectivity index (χ3v) is 2.99. The largest absolute Gasteiger partial charge is 0.485 e. The lowest BCUT2D eigenvalue weighted by atomic mass is 10.1. The fraction of sp³-hybridized carbons (Fsp3) is 0.429. The Bertz CT molecular complexity index is 550. The van der Waals surface area contributed by atoms with Gasteiger partial charge >= 0.3 is 0 Å². The molecule has 0 aliphatic heterocycles. The van der Waals surface area contributed by atoms with Crippen molar-refractivity contribution in [3.05, 3.63) is 41.0 Å². The Morgan fingerprint density at radius 1 is 1.35 bits per heavy atom. The second kappa shape index (κ2) is 6.24. The van der Waals surface area contributed by atoms with E-state index in [1.54, 1.807) is 0 Å². The number of nitrogens with zero attached hydrogens (tertiary/aromatic N) is 2. The molecule has 1 aromatic carbocycles.